The van der Waals surface area contributed by atoms with Crippen LogP contribution >= 0.6 is 0 Å². The second kappa shape index (κ2) is 4.84. The number of piperidine rings is 1. The highest BCUT2D eigenvalue weighted by Crippen LogP contribution is 2.60. The SMILES string of the molecule is CC1CCN(C(=O)C2C3CCc4ccccc4C32)CC1O. The third-order valence-electron chi connectivity index (χ3n) is 5.85. The molecule has 0 radical (unpaired) electrons. The second-order valence-corrected chi connectivity index (χ2v) is 7.07. The molecule has 2 fully saturated rings. The molecule has 1 saturated heterocycles. The van der Waals surface area contributed by atoms with E-state index in [2.05, 4.69) is 31.2 Å². The minimum atomic E-state index is -0.351. The number of fused-ring (bicyclic) bond motifs is 3. The van der Waals surface area contributed by atoms with Crippen LogP contribution in [0.25, 0.3) is 0 Å². The van der Waals surface area contributed by atoms with Crippen LogP contribution in [0.5, 0.6) is 0 Å². The summed E-state index contributed by atoms with van der Waals surface area (Å²) in [7, 11) is 0. The molecule has 1 N–H and O–H groups in total. The van der Waals surface area contributed by atoms with E-state index in [-0.39, 0.29) is 17.9 Å². The first-order chi connectivity index (χ1) is 10.2. The molecule has 1 heterocycles. The number of carbonyl (C=O) groups excluding carboxylic acids is 1. The van der Waals surface area contributed by atoms with Crippen LogP contribution in [-0.4, -0.2) is 35.1 Å². The average Bonchev–Trinajstić information content (AvgIpc) is 3.24. The minimum absolute atomic E-state index is 0.175. The van der Waals surface area contributed by atoms with E-state index in [0.29, 0.717) is 24.3 Å². The second-order valence-electron chi connectivity index (χ2n) is 7.07. The number of hydrogen-bond donors (Lipinski definition) is 1. The minimum Gasteiger partial charge on any atom is -0.391 e. The summed E-state index contributed by atoms with van der Waals surface area (Å²) in [5.41, 5.74) is 2.83. The van der Waals surface area contributed by atoms with Gasteiger partial charge >= 0.3 is 0 Å². The lowest BCUT2D eigenvalue weighted by atomic mass is 9.92. The van der Waals surface area contributed by atoms with Gasteiger partial charge in [-0.1, -0.05) is 31.2 Å². The molecule has 1 aromatic carbocycles. The van der Waals surface area contributed by atoms with Gasteiger partial charge in [-0.15, -0.1) is 0 Å². The topological polar surface area (TPSA) is 40.5 Å². The number of nitrogens with zero attached hydrogens (tertiary/aromatic N) is 1. The van der Waals surface area contributed by atoms with Crippen LogP contribution in [0.1, 0.15) is 36.8 Å². The monoisotopic (exact) mass is 285 g/mol. The zero-order valence-electron chi connectivity index (χ0n) is 12.5. The van der Waals surface area contributed by atoms with Crippen LogP contribution < -0.4 is 0 Å². The van der Waals surface area contributed by atoms with Crippen LogP contribution in [-0.2, 0) is 11.2 Å². The van der Waals surface area contributed by atoms with Crippen molar-refractivity contribution in [2.75, 3.05) is 13.1 Å². The zero-order chi connectivity index (χ0) is 14.6. The predicted octanol–water partition coefficient (Wildman–Crippen LogP) is 2.19. The molecule has 21 heavy (non-hydrogen) atoms. The maximum absolute atomic E-state index is 12.8. The number of benzene rings is 1. The van der Waals surface area contributed by atoms with Gasteiger partial charge in [0.25, 0.3) is 0 Å². The molecule has 4 rings (SSSR count). The molecule has 3 heteroatoms. The fourth-order valence-corrected chi connectivity index (χ4v) is 4.36. The van der Waals surface area contributed by atoms with Crippen molar-refractivity contribution in [1.82, 2.24) is 4.90 Å². The molecule has 0 aromatic heterocycles. The van der Waals surface area contributed by atoms with E-state index in [0.717, 1.165) is 25.8 Å². The summed E-state index contributed by atoms with van der Waals surface area (Å²) in [6.07, 6.45) is 2.83. The Morgan fingerprint density at radius 3 is 2.90 bits per heavy atom. The molecule has 2 aliphatic carbocycles. The summed E-state index contributed by atoms with van der Waals surface area (Å²) in [6.45, 7) is 3.41. The Kier molecular flexibility index (Phi) is 3.07. The van der Waals surface area contributed by atoms with E-state index in [1.807, 2.05) is 4.90 Å². The number of carbonyl (C=O) groups is 1. The van der Waals surface area contributed by atoms with Crippen LogP contribution in [0.2, 0.25) is 0 Å². The number of aliphatic hydroxyl groups excluding tert-OH is 1. The third kappa shape index (κ3) is 2.10. The first-order valence-corrected chi connectivity index (χ1v) is 8.21. The van der Waals surface area contributed by atoms with Gasteiger partial charge in [-0.2, -0.15) is 0 Å². The highest BCUT2D eigenvalue weighted by atomic mass is 16.3. The molecular weight excluding hydrogens is 262 g/mol. The van der Waals surface area contributed by atoms with Crippen molar-refractivity contribution in [3.63, 3.8) is 0 Å². The first kappa shape index (κ1) is 13.3. The van der Waals surface area contributed by atoms with Crippen molar-refractivity contribution in [3.8, 4) is 0 Å². The molecule has 0 spiro atoms. The van der Waals surface area contributed by atoms with Gasteiger partial charge in [0.2, 0.25) is 5.91 Å². The third-order valence-corrected chi connectivity index (χ3v) is 5.85. The smallest absolute Gasteiger partial charge is 0.226 e. The number of amides is 1. The van der Waals surface area contributed by atoms with Crippen LogP contribution in [0, 0.1) is 17.8 Å². The number of aliphatic hydroxyl groups is 1. The fraction of sp³-hybridized carbons (Fsp3) is 0.611. The van der Waals surface area contributed by atoms with E-state index in [4.69, 9.17) is 0 Å². The Bertz CT molecular complexity index is 570. The lowest BCUT2D eigenvalue weighted by Gasteiger charge is -2.34. The van der Waals surface area contributed by atoms with E-state index in [1.165, 1.54) is 11.1 Å². The van der Waals surface area contributed by atoms with Gasteiger partial charge in [0.05, 0.1) is 6.10 Å². The fourth-order valence-electron chi connectivity index (χ4n) is 4.36. The van der Waals surface area contributed by atoms with Gasteiger partial charge in [-0.25, -0.2) is 0 Å². The average molecular weight is 285 g/mol. The molecule has 3 aliphatic rings. The standard InChI is InChI=1S/C18H23NO2/c1-11-8-9-19(10-15(11)20)18(21)17-14-7-6-12-4-2-3-5-13(12)16(14)17/h2-5,11,14-17,20H,6-10H2,1H3. The first-order valence-electron chi connectivity index (χ1n) is 8.21. The van der Waals surface area contributed by atoms with Gasteiger partial charge < -0.3 is 10.0 Å². The molecule has 1 aliphatic heterocycles. The lowest BCUT2D eigenvalue weighted by molar-refractivity contribution is -0.137. The van der Waals surface area contributed by atoms with Gasteiger partial charge in [-0.3, -0.25) is 4.79 Å². The van der Waals surface area contributed by atoms with Crippen molar-refractivity contribution >= 4 is 5.91 Å². The molecule has 5 unspecified atom stereocenters. The van der Waals surface area contributed by atoms with E-state index < -0.39 is 0 Å². The highest BCUT2D eigenvalue weighted by molar-refractivity contribution is 5.84. The summed E-state index contributed by atoms with van der Waals surface area (Å²) in [6, 6.07) is 8.60. The Morgan fingerprint density at radius 2 is 2.10 bits per heavy atom. The van der Waals surface area contributed by atoms with Crippen molar-refractivity contribution in [1.29, 1.82) is 0 Å². The Balaban J connectivity index is 1.51. The van der Waals surface area contributed by atoms with Gasteiger partial charge in [0.1, 0.15) is 0 Å². The molecule has 0 bridgehead atoms. The molecular formula is C18H23NO2. The zero-order valence-corrected chi connectivity index (χ0v) is 12.5. The quantitative estimate of drug-likeness (QED) is 0.859. The van der Waals surface area contributed by atoms with E-state index >= 15 is 0 Å². The van der Waals surface area contributed by atoms with Crippen molar-refractivity contribution in [3.05, 3.63) is 35.4 Å². The molecule has 112 valence electrons. The number of β-amino-alcohol motifs (C(OH)–C–C–N with tert-alkyl or cyclic N) is 1. The number of rotatable bonds is 1. The lowest BCUT2D eigenvalue weighted by Crippen LogP contribution is -2.46. The Labute approximate surface area is 126 Å². The van der Waals surface area contributed by atoms with Crippen LogP contribution in [0.4, 0.5) is 0 Å². The van der Waals surface area contributed by atoms with Crippen molar-refractivity contribution in [2.24, 2.45) is 17.8 Å². The number of likely N-dealkylation sites (tertiary alicyclic amines) is 1. The molecule has 1 aromatic rings. The maximum Gasteiger partial charge on any atom is 0.226 e. The summed E-state index contributed by atoms with van der Waals surface area (Å²) in [5.74, 6) is 1.76. The Hall–Kier alpha value is -1.35. The molecule has 5 atom stereocenters. The van der Waals surface area contributed by atoms with Gasteiger partial charge in [-0.05, 0) is 48.1 Å². The molecule has 3 nitrogen and oxygen atoms in total. The van der Waals surface area contributed by atoms with E-state index in [1.54, 1.807) is 0 Å². The Morgan fingerprint density at radius 1 is 1.29 bits per heavy atom. The number of aryl methyl sites for hydroxylation is 1. The number of hydrogen-bond acceptors (Lipinski definition) is 2. The molecule has 1 amide bonds. The molecule has 1 saturated carbocycles. The predicted molar refractivity (Wildman–Crippen MR) is 80.9 cm³/mol. The summed E-state index contributed by atoms with van der Waals surface area (Å²) >= 11 is 0. The summed E-state index contributed by atoms with van der Waals surface area (Å²) < 4.78 is 0. The maximum atomic E-state index is 12.8. The summed E-state index contributed by atoms with van der Waals surface area (Å²) in [4.78, 5) is 14.7. The normalized spacial score (nSPS) is 37.6. The van der Waals surface area contributed by atoms with E-state index in [9.17, 15) is 9.90 Å². The highest BCUT2D eigenvalue weighted by Gasteiger charge is 2.58. The van der Waals surface area contributed by atoms with Crippen molar-refractivity contribution in [2.45, 2.75) is 38.2 Å². The van der Waals surface area contributed by atoms with Crippen LogP contribution in [0.15, 0.2) is 24.3 Å². The summed E-state index contributed by atoms with van der Waals surface area (Å²) in [5, 5.41) is 10.0. The van der Waals surface area contributed by atoms with Crippen molar-refractivity contribution < 1.29 is 9.90 Å². The van der Waals surface area contributed by atoms with Gasteiger partial charge in [0.15, 0.2) is 0 Å². The van der Waals surface area contributed by atoms with Gasteiger partial charge in [0, 0.05) is 19.0 Å². The van der Waals surface area contributed by atoms with Crippen LogP contribution in [0.3, 0.4) is 0 Å². The largest absolute Gasteiger partial charge is 0.391 e.